The number of amides is 1. The second kappa shape index (κ2) is 12.0. The van der Waals surface area contributed by atoms with E-state index in [1.807, 2.05) is 36.7 Å². The van der Waals surface area contributed by atoms with Gasteiger partial charge in [-0.05, 0) is 61.6 Å². The van der Waals surface area contributed by atoms with Crippen LogP contribution in [0.2, 0.25) is 0 Å². The molecule has 2 heterocycles. The number of hydrogen-bond donors (Lipinski definition) is 0. The summed E-state index contributed by atoms with van der Waals surface area (Å²) in [6.45, 7) is 2.59. The highest BCUT2D eigenvalue weighted by Crippen LogP contribution is 2.28. The van der Waals surface area contributed by atoms with E-state index >= 15 is 0 Å². The van der Waals surface area contributed by atoms with Crippen LogP contribution >= 0.6 is 11.8 Å². The summed E-state index contributed by atoms with van der Waals surface area (Å²) in [5, 5.41) is 0. The fraction of sp³-hybridized carbons (Fsp3) is 0.357. The van der Waals surface area contributed by atoms with Crippen LogP contribution in [-0.2, 0) is 17.8 Å². The molecule has 1 atom stereocenters. The third-order valence-electron chi connectivity index (χ3n) is 6.55. The molecule has 2 aromatic carbocycles. The summed E-state index contributed by atoms with van der Waals surface area (Å²) >= 11 is 1.63. The van der Waals surface area contributed by atoms with Crippen molar-refractivity contribution in [2.45, 2.75) is 36.7 Å². The Bertz CT molecular complexity index is 976. The Labute approximate surface area is 202 Å². The third-order valence-corrected chi connectivity index (χ3v) is 7.55. The minimum absolute atomic E-state index is 0.255. The molecule has 0 radical (unpaired) electrons. The summed E-state index contributed by atoms with van der Waals surface area (Å²) < 4.78 is 0. The summed E-state index contributed by atoms with van der Waals surface area (Å²) in [6.07, 6.45) is 6.92. The standard InChI is InChI=1S/C28H33N3OS/c1-30(21-24-11-8-16-29-20-24)27(19-23-9-4-2-5-10-23)25-14-17-31(18-15-25)28(32)22-33-26-12-6-3-7-13-26/h2-13,16,20,25,27H,14-15,17-19,21-22H2,1H3/t27-/m1/s1. The van der Waals surface area contributed by atoms with Crippen molar-refractivity contribution < 1.29 is 4.79 Å². The molecule has 0 aliphatic carbocycles. The first-order chi connectivity index (χ1) is 16.2. The van der Waals surface area contributed by atoms with Crippen LogP contribution < -0.4 is 0 Å². The lowest BCUT2D eigenvalue weighted by Gasteiger charge is -2.40. The Morgan fingerprint density at radius 1 is 1.00 bits per heavy atom. The van der Waals surface area contributed by atoms with Gasteiger partial charge in [-0.2, -0.15) is 0 Å². The van der Waals surface area contributed by atoms with E-state index in [4.69, 9.17) is 0 Å². The van der Waals surface area contributed by atoms with Gasteiger partial charge in [-0.25, -0.2) is 0 Å². The number of hydrogen-bond acceptors (Lipinski definition) is 4. The highest BCUT2D eigenvalue weighted by Gasteiger charge is 2.31. The van der Waals surface area contributed by atoms with Gasteiger partial charge < -0.3 is 4.90 Å². The van der Waals surface area contributed by atoms with Gasteiger partial charge in [0.25, 0.3) is 0 Å². The lowest BCUT2D eigenvalue weighted by Crippen LogP contribution is -2.46. The van der Waals surface area contributed by atoms with Crippen molar-refractivity contribution in [2.24, 2.45) is 5.92 Å². The van der Waals surface area contributed by atoms with Crippen LogP contribution in [0.1, 0.15) is 24.0 Å². The summed E-state index contributed by atoms with van der Waals surface area (Å²) in [5.74, 6) is 1.34. The van der Waals surface area contributed by atoms with Gasteiger partial charge in [-0.1, -0.05) is 54.6 Å². The number of likely N-dealkylation sites (N-methyl/N-ethyl adjacent to an activating group) is 1. The first-order valence-corrected chi connectivity index (χ1v) is 12.8. The monoisotopic (exact) mass is 459 g/mol. The Balaban J connectivity index is 1.36. The number of carbonyl (C=O) groups is 1. The zero-order valence-electron chi connectivity index (χ0n) is 19.3. The molecule has 1 saturated heterocycles. The Kier molecular flexibility index (Phi) is 8.56. The van der Waals surface area contributed by atoms with Crippen molar-refractivity contribution in [3.8, 4) is 0 Å². The van der Waals surface area contributed by atoms with Crippen LogP contribution in [0.4, 0.5) is 0 Å². The first kappa shape index (κ1) is 23.5. The summed E-state index contributed by atoms with van der Waals surface area (Å²) in [5.41, 5.74) is 2.61. The maximum atomic E-state index is 12.8. The van der Waals surface area contributed by atoms with Gasteiger partial charge in [0.2, 0.25) is 5.91 Å². The number of thioether (sulfide) groups is 1. The van der Waals surface area contributed by atoms with Crippen LogP contribution in [-0.4, -0.2) is 52.6 Å². The molecule has 4 rings (SSSR count). The fourth-order valence-corrected chi connectivity index (χ4v) is 5.54. The minimum atomic E-state index is 0.255. The minimum Gasteiger partial charge on any atom is -0.342 e. The van der Waals surface area contributed by atoms with Gasteiger partial charge >= 0.3 is 0 Å². The van der Waals surface area contributed by atoms with Crippen molar-refractivity contribution in [1.82, 2.24) is 14.8 Å². The molecule has 0 unspecified atom stereocenters. The second-order valence-electron chi connectivity index (χ2n) is 8.85. The highest BCUT2D eigenvalue weighted by atomic mass is 32.2. The zero-order valence-corrected chi connectivity index (χ0v) is 20.2. The quantitative estimate of drug-likeness (QED) is 0.415. The van der Waals surface area contributed by atoms with Crippen molar-refractivity contribution >= 4 is 17.7 Å². The van der Waals surface area contributed by atoms with Crippen molar-refractivity contribution in [3.05, 3.63) is 96.3 Å². The molecule has 1 amide bonds. The molecule has 1 aliphatic rings. The summed E-state index contributed by atoms with van der Waals surface area (Å²) in [4.78, 5) is 22.8. The predicted octanol–water partition coefficient (Wildman–Crippen LogP) is 5.16. The molecular weight excluding hydrogens is 426 g/mol. The van der Waals surface area contributed by atoms with Gasteiger partial charge in [-0.15, -0.1) is 11.8 Å². The molecule has 1 fully saturated rings. The molecule has 0 bridgehead atoms. The summed E-state index contributed by atoms with van der Waals surface area (Å²) in [6, 6.07) is 25.6. The number of likely N-dealkylation sites (tertiary alicyclic amines) is 1. The number of pyridine rings is 1. The molecule has 0 N–H and O–H groups in total. The van der Waals surface area contributed by atoms with E-state index in [1.54, 1.807) is 11.8 Å². The van der Waals surface area contributed by atoms with E-state index in [9.17, 15) is 4.79 Å². The average molecular weight is 460 g/mol. The SMILES string of the molecule is CN(Cc1cccnc1)[C@H](Cc1ccccc1)C1CCN(C(=O)CSc2ccccc2)CC1. The van der Waals surface area contributed by atoms with Crippen LogP contribution in [0.15, 0.2) is 90.1 Å². The maximum Gasteiger partial charge on any atom is 0.232 e. The number of carbonyl (C=O) groups excluding carboxylic acids is 1. The van der Waals surface area contributed by atoms with Crippen molar-refractivity contribution in [2.75, 3.05) is 25.9 Å². The predicted molar refractivity (Wildman–Crippen MR) is 136 cm³/mol. The summed E-state index contributed by atoms with van der Waals surface area (Å²) in [7, 11) is 2.23. The third kappa shape index (κ3) is 6.92. The topological polar surface area (TPSA) is 36.4 Å². The van der Waals surface area contributed by atoms with Gasteiger partial charge in [0.15, 0.2) is 0 Å². The molecule has 33 heavy (non-hydrogen) atoms. The van der Waals surface area contributed by atoms with E-state index in [2.05, 4.69) is 70.4 Å². The lowest BCUT2D eigenvalue weighted by molar-refractivity contribution is -0.130. The Morgan fingerprint density at radius 2 is 1.67 bits per heavy atom. The Morgan fingerprint density at radius 3 is 2.33 bits per heavy atom. The molecule has 5 heteroatoms. The van der Waals surface area contributed by atoms with Gasteiger partial charge in [-0.3, -0.25) is 14.7 Å². The molecule has 1 aliphatic heterocycles. The number of piperidine rings is 1. The number of benzene rings is 2. The molecule has 0 spiro atoms. The number of nitrogens with zero attached hydrogens (tertiary/aromatic N) is 3. The van der Waals surface area contributed by atoms with Crippen molar-refractivity contribution in [1.29, 1.82) is 0 Å². The average Bonchev–Trinajstić information content (AvgIpc) is 2.88. The molecule has 172 valence electrons. The van der Waals surface area contributed by atoms with Crippen LogP contribution in [0.25, 0.3) is 0 Å². The molecule has 4 nitrogen and oxygen atoms in total. The maximum absolute atomic E-state index is 12.8. The molecule has 0 saturated carbocycles. The van der Waals surface area contributed by atoms with Crippen molar-refractivity contribution in [3.63, 3.8) is 0 Å². The van der Waals surface area contributed by atoms with Gasteiger partial charge in [0, 0.05) is 43.0 Å². The second-order valence-corrected chi connectivity index (χ2v) is 9.90. The van der Waals surface area contributed by atoms with E-state index in [0.717, 1.165) is 43.8 Å². The van der Waals surface area contributed by atoms with E-state index < -0.39 is 0 Å². The van der Waals surface area contributed by atoms with Gasteiger partial charge in [0.1, 0.15) is 0 Å². The van der Waals surface area contributed by atoms with E-state index in [0.29, 0.717) is 17.7 Å². The van der Waals surface area contributed by atoms with Gasteiger partial charge in [0.05, 0.1) is 5.75 Å². The number of aromatic nitrogens is 1. The zero-order chi connectivity index (χ0) is 22.9. The largest absolute Gasteiger partial charge is 0.342 e. The van der Waals surface area contributed by atoms with E-state index in [-0.39, 0.29) is 5.91 Å². The van der Waals surface area contributed by atoms with E-state index in [1.165, 1.54) is 11.1 Å². The normalized spacial score (nSPS) is 15.5. The lowest BCUT2D eigenvalue weighted by atomic mass is 9.85. The molecule has 1 aromatic heterocycles. The van der Waals surface area contributed by atoms with Crippen LogP contribution in [0.5, 0.6) is 0 Å². The molecule has 3 aromatic rings. The Hall–Kier alpha value is -2.63. The number of rotatable bonds is 9. The smallest absolute Gasteiger partial charge is 0.232 e. The first-order valence-electron chi connectivity index (χ1n) is 11.8. The highest BCUT2D eigenvalue weighted by molar-refractivity contribution is 8.00. The van der Waals surface area contributed by atoms with Crippen LogP contribution in [0.3, 0.4) is 0 Å². The van der Waals surface area contributed by atoms with Crippen LogP contribution in [0, 0.1) is 5.92 Å². The fourth-order valence-electron chi connectivity index (χ4n) is 4.72. The molecular formula is C28H33N3OS.